The standard InChI is InChI=1S/C20H19N3O4S/c1-13-22-19(23-27-13)12-28-18-9-5-2-6-15(18)20(24)21-10-14-11-25-16-7-3-4-8-17(16)26-14/h2-9,14H,10-12H2,1H3,(H,21,24)/t14-/m1/s1. The van der Waals surface area contributed by atoms with E-state index in [2.05, 4.69) is 15.5 Å². The largest absolute Gasteiger partial charge is 0.486 e. The summed E-state index contributed by atoms with van der Waals surface area (Å²) in [5.41, 5.74) is 0.602. The summed E-state index contributed by atoms with van der Waals surface area (Å²) in [5, 5.41) is 6.82. The predicted molar refractivity (Wildman–Crippen MR) is 104 cm³/mol. The van der Waals surface area contributed by atoms with Gasteiger partial charge in [0, 0.05) is 11.8 Å². The third-order valence-corrected chi connectivity index (χ3v) is 5.19. The first kappa shape index (κ1) is 18.4. The molecule has 2 aromatic carbocycles. The van der Waals surface area contributed by atoms with Gasteiger partial charge < -0.3 is 19.3 Å². The number of benzene rings is 2. The number of carbonyl (C=O) groups excluding carboxylic acids is 1. The van der Waals surface area contributed by atoms with E-state index in [-0.39, 0.29) is 12.0 Å². The first-order chi connectivity index (χ1) is 13.7. The highest BCUT2D eigenvalue weighted by Gasteiger charge is 2.22. The second kappa shape index (κ2) is 8.35. The van der Waals surface area contributed by atoms with Crippen molar-refractivity contribution < 1.29 is 18.8 Å². The number of carbonyl (C=O) groups is 1. The number of para-hydroxylation sites is 2. The third kappa shape index (κ3) is 4.28. The number of amides is 1. The van der Waals surface area contributed by atoms with Crippen LogP contribution in [0.25, 0.3) is 0 Å². The molecule has 0 bridgehead atoms. The summed E-state index contributed by atoms with van der Waals surface area (Å²) >= 11 is 1.49. The lowest BCUT2D eigenvalue weighted by molar-refractivity contribution is 0.0787. The van der Waals surface area contributed by atoms with Gasteiger partial charge in [0.1, 0.15) is 12.7 Å². The Kier molecular flexibility index (Phi) is 5.48. The van der Waals surface area contributed by atoms with Crippen molar-refractivity contribution in [2.45, 2.75) is 23.7 Å². The number of aromatic nitrogens is 2. The van der Waals surface area contributed by atoms with Gasteiger partial charge in [-0.1, -0.05) is 29.4 Å². The number of aryl methyl sites for hydroxylation is 1. The Morgan fingerprint density at radius 2 is 1.96 bits per heavy atom. The smallest absolute Gasteiger partial charge is 0.252 e. The van der Waals surface area contributed by atoms with Crippen LogP contribution >= 0.6 is 11.8 Å². The number of rotatable bonds is 6. The molecule has 0 saturated carbocycles. The quantitative estimate of drug-likeness (QED) is 0.639. The second-order valence-corrected chi connectivity index (χ2v) is 7.24. The average molecular weight is 397 g/mol. The van der Waals surface area contributed by atoms with Gasteiger partial charge in [-0.2, -0.15) is 4.98 Å². The number of hydrogen-bond donors (Lipinski definition) is 1. The molecule has 1 amide bonds. The zero-order valence-electron chi connectivity index (χ0n) is 15.3. The summed E-state index contributed by atoms with van der Waals surface area (Å²) in [6.07, 6.45) is -0.235. The minimum atomic E-state index is -0.235. The third-order valence-electron chi connectivity index (χ3n) is 4.12. The van der Waals surface area contributed by atoms with Crippen molar-refractivity contribution in [1.82, 2.24) is 15.5 Å². The van der Waals surface area contributed by atoms with Crippen LogP contribution < -0.4 is 14.8 Å². The van der Waals surface area contributed by atoms with E-state index in [1.165, 1.54) is 11.8 Å². The topological polar surface area (TPSA) is 86.5 Å². The fourth-order valence-electron chi connectivity index (χ4n) is 2.79. The first-order valence-corrected chi connectivity index (χ1v) is 9.85. The van der Waals surface area contributed by atoms with Gasteiger partial charge in [0.25, 0.3) is 5.91 Å². The molecule has 0 radical (unpaired) electrons. The number of hydrogen-bond acceptors (Lipinski definition) is 7. The molecule has 0 saturated heterocycles. The summed E-state index contributed by atoms with van der Waals surface area (Å²) in [4.78, 5) is 17.7. The van der Waals surface area contributed by atoms with Gasteiger partial charge in [-0.05, 0) is 24.3 Å². The Labute approximate surface area is 166 Å². The van der Waals surface area contributed by atoms with Gasteiger partial charge >= 0.3 is 0 Å². The predicted octanol–water partition coefficient (Wildman–Crippen LogP) is 3.24. The summed E-state index contributed by atoms with van der Waals surface area (Å²) in [6, 6.07) is 15.0. The van der Waals surface area contributed by atoms with Gasteiger partial charge in [-0.25, -0.2) is 0 Å². The van der Waals surface area contributed by atoms with E-state index in [0.717, 1.165) is 10.6 Å². The van der Waals surface area contributed by atoms with Crippen molar-refractivity contribution in [3.63, 3.8) is 0 Å². The van der Waals surface area contributed by atoms with E-state index in [4.69, 9.17) is 14.0 Å². The number of nitrogens with one attached hydrogen (secondary N) is 1. The molecule has 0 aliphatic carbocycles. The highest BCUT2D eigenvalue weighted by Crippen LogP contribution is 2.31. The highest BCUT2D eigenvalue weighted by molar-refractivity contribution is 7.98. The molecule has 0 fully saturated rings. The Balaban J connectivity index is 1.36. The minimum absolute atomic E-state index is 0.158. The lowest BCUT2D eigenvalue weighted by Crippen LogP contribution is -2.40. The van der Waals surface area contributed by atoms with Crippen molar-refractivity contribution in [2.75, 3.05) is 13.2 Å². The maximum atomic E-state index is 12.7. The average Bonchev–Trinajstić information content (AvgIpc) is 3.15. The number of ether oxygens (including phenoxy) is 2. The van der Waals surface area contributed by atoms with Crippen LogP contribution in [0.5, 0.6) is 11.5 Å². The maximum absolute atomic E-state index is 12.7. The van der Waals surface area contributed by atoms with E-state index in [9.17, 15) is 4.79 Å². The summed E-state index contributed by atoms with van der Waals surface area (Å²) in [6.45, 7) is 2.50. The fraction of sp³-hybridized carbons (Fsp3) is 0.250. The molecular formula is C20H19N3O4S. The van der Waals surface area contributed by atoms with Crippen molar-refractivity contribution in [3.05, 3.63) is 65.8 Å². The molecule has 1 atom stereocenters. The van der Waals surface area contributed by atoms with Crippen LogP contribution in [0.4, 0.5) is 0 Å². The molecule has 1 aliphatic rings. The molecular weight excluding hydrogens is 378 g/mol. The molecule has 0 unspecified atom stereocenters. The van der Waals surface area contributed by atoms with Crippen molar-refractivity contribution in [2.24, 2.45) is 0 Å². The van der Waals surface area contributed by atoms with Gasteiger partial charge in [0.05, 0.1) is 17.9 Å². The number of thioether (sulfide) groups is 1. The van der Waals surface area contributed by atoms with Crippen molar-refractivity contribution >= 4 is 17.7 Å². The van der Waals surface area contributed by atoms with E-state index in [1.807, 2.05) is 42.5 Å². The lowest BCUT2D eigenvalue weighted by atomic mass is 10.2. The van der Waals surface area contributed by atoms with Gasteiger partial charge in [-0.3, -0.25) is 4.79 Å². The summed E-state index contributed by atoms with van der Waals surface area (Å²) in [5.74, 6) is 2.91. The Hall–Kier alpha value is -3.00. The van der Waals surface area contributed by atoms with Crippen LogP contribution in [-0.2, 0) is 5.75 Å². The maximum Gasteiger partial charge on any atom is 0.252 e. The number of fused-ring (bicyclic) bond motifs is 1. The van der Waals surface area contributed by atoms with E-state index in [0.29, 0.717) is 41.9 Å². The molecule has 144 valence electrons. The van der Waals surface area contributed by atoms with Crippen LogP contribution in [0, 0.1) is 6.92 Å². The molecule has 28 heavy (non-hydrogen) atoms. The summed E-state index contributed by atoms with van der Waals surface area (Å²) in [7, 11) is 0. The second-order valence-electron chi connectivity index (χ2n) is 6.22. The fourth-order valence-corrected chi connectivity index (χ4v) is 3.68. The highest BCUT2D eigenvalue weighted by atomic mass is 32.2. The van der Waals surface area contributed by atoms with Crippen LogP contribution in [0.1, 0.15) is 22.1 Å². The van der Waals surface area contributed by atoms with E-state index in [1.54, 1.807) is 13.0 Å². The zero-order valence-corrected chi connectivity index (χ0v) is 16.1. The molecule has 0 spiro atoms. The van der Waals surface area contributed by atoms with Crippen LogP contribution in [0.15, 0.2) is 57.9 Å². The van der Waals surface area contributed by atoms with E-state index >= 15 is 0 Å². The lowest BCUT2D eigenvalue weighted by Gasteiger charge is -2.26. The van der Waals surface area contributed by atoms with Crippen LogP contribution in [0.2, 0.25) is 0 Å². The monoisotopic (exact) mass is 397 g/mol. The van der Waals surface area contributed by atoms with Gasteiger partial charge in [0.15, 0.2) is 17.3 Å². The Morgan fingerprint density at radius 3 is 2.79 bits per heavy atom. The SMILES string of the molecule is Cc1nc(CSc2ccccc2C(=O)NC[C@@H]2COc3ccccc3O2)no1. The zero-order chi connectivity index (χ0) is 19.3. The minimum Gasteiger partial charge on any atom is -0.486 e. The van der Waals surface area contributed by atoms with Crippen LogP contribution in [0.3, 0.4) is 0 Å². The summed E-state index contributed by atoms with van der Waals surface area (Å²) < 4.78 is 16.6. The van der Waals surface area contributed by atoms with E-state index < -0.39 is 0 Å². The Morgan fingerprint density at radius 1 is 1.18 bits per heavy atom. The molecule has 3 aromatic rings. The molecule has 1 aliphatic heterocycles. The molecule has 1 N–H and O–H groups in total. The normalized spacial score (nSPS) is 15.2. The molecule has 2 heterocycles. The Bertz CT molecular complexity index is 975. The molecule has 8 heteroatoms. The molecule has 7 nitrogen and oxygen atoms in total. The van der Waals surface area contributed by atoms with Crippen molar-refractivity contribution in [3.8, 4) is 11.5 Å². The first-order valence-electron chi connectivity index (χ1n) is 8.87. The molecule has 1 aromatic heterocycles. The van der Waals surface area contributed by atoms with Gasteiger partial charge in [0.2, 0.25) is 5.89 Å². The molecule has 4 rings (SSSR count). The van der Waals surface area contributed by atoms with Gasteiger partial charge in [-0.15, -0.1) is 11.8 Å². The van der Waals surface area contributed by atoms with Crippen LogP contribution in [-0.4, -0.2) is 35.3 Å². The number of nitrogens with zero attached hydrogens (tertiary/aromatic N) is 2. The van der Waals surface area contributed by atoms with Crippen molar-refractivity contribution in [1.29, 1.82) is 0 Å².